The summed E-state index contributed by atoms with van der Waals surface area (Å²) in [5.41, 5.74) is 4.34. The third kappa shape index (κ3) is 8.57. The van der Waals surface area contributed by atoms with Gasteiger partial charge in [-0.3, -0.25) is 14.7 Å². The zero-order valence-corrected chi connectivity index (χ0v) is 28.2. The zero-order chi connectivity index (χ0) is 33.3. The standard InChI is InChI=1S/C36H44N4O5S/c1-24-15-17-28(18-16-24)31-23-46-33(39-31)27(4)36(43,30-14-8-7-11-25(30)2)19-9-12-26(3)44-35(42)40(6)34(45-32(41)22-37-5)29-13-10-20-38-21-29/h7-8,10-11,13-18,20-21,23,26-27,34,37,43H,9,12,19,22H2,1-6H3. The van der Waals surface area contributed by atoms with Crippen LogP contribution in [0.2, 0.25) is 0 Å². The Balaban J connectivity index is 1.45. The number of esters is 1. The summed E-state index contributed by atoms with van der Waals surface area (Å²) < 4.78 is 11.4. The number of ether oxygens (including phenoxy) is 2. The molecule has 46 heavy (non-hydrogen) atoms. The van der Waals surface area contributed by atoms with Crippen molar-refractivity contribution >= 4 is 23.4 Å². The summed E-state index contributed by atoms with van der Waals surface area (Å²) in [6.45, 7) is 7.91. The molecule has 0 radical (unpaired) electrons. The van der Waals surface area contributed by atoms with Crippen molar-refractivity contribution in [3.05, 3.63) is 106 Å². The van der Waals surface area contributed by atoms with Crippen LogP contribution in [0.1, 0.15) is 72.5 Å². The summed E-state index contributed by atoms with van der Waals surface area (Å²) in [5.74, 6) is -0.797. The molecule has 9 nitrogen and oxygen atoms in total. The van der Waals surface area contributed by atoms with Crippen molar-refractivity contribution in [2.75, 3.05) is 20.6 Å². The Hall–Kier alpha value is -4.12. The van der Waals surface area contributed by atoms with Gasteiger partial charge in [-0.1, -0.05) is 67.1 Å². The van der Waals surface area contributed by atoms with Gasteiger partial charge in [-0.15, -0.1) is 11.3 Å². The monoisotopic (exact) mass is 644 g/mol. The first kappa shape index (κ1) is 34.7. The lowest BCUT2D eigenvalue weighted by atomic mass is 9.77. The van der Waals surface area contributed by atoms with E-state index in [2.05, 4.69) is 41.5 Å². The molecule has 2 N–H and O–H groups in total. The summed E-state index contributed by atoms with van der Waals surface area (Å²) in [7, 11) is 3.16. The van der Waals surface area contributed by atoms with Gasteiger partial charge in [0.05, 0.1) is 22.8 Å². The topological polar surface area (TPSA) is 114 Å². The highest BCUT2D eigenvalue weighted by Crippen LogP contribution is 2.43. The van der Waals surface area contributed by atoms with Crippen LogP contribution in [0.15, 0.2) is 78.4 Å². The first-order valence-electron chi connectivity index (χ1n) is 15.5. The van der Waals surface area contributed by atoms with Crippen LogP contribution in [0.4, 0.5) is 4.79 Å². The van der Waals surface area contributed by atoms with Gasteiger partial charge in [0, 0.05) is 41.9 Å². The molecule has 0 saturated carbocycles. The van der Waals surface area contributed by atoms with E-state index in [1.165, 1.54) is 17.5 Å². The highest BCUT2D eigenvalue weighted by atomic mass is 32.1. The van der Waals surface area contributed by atoms with E-state index in [1.54, 1.807) is 42.9 Å². The van der Waals surface area contributed by atoms with E-state index >= 15 is 0 Å². The zero-order valence-electron chi connectivity index (χ0n) is 27.4. The van der Waals surface area contributed by atoms with E-state index < -0.39 is 30.0 Å². The summed E-state index contributed by atoms with van der Waals surface area (Å²) >= 11 is 1.55. The molecular weight excluding hydrogens is 600 g/mol. The van der Waals surface area contributed by atoms with Crippen LogP contribution in [0, 0.1) is 13.8 Å². The number of carbonyl (C=O) groups is 2. The highest BCUT2D eigenvalue weighted by molar-refractivity contribution is 7.10. The number of rotatable bonds is 14. The van der Waals surface area contributed by atoms with Crippen LogP contribution >= 0.6 is 11.3 Å². The van der Waals surface area contributed by atoms with Gasteiger partial charge in [-0.05, 0) is 64.3 Å². The molecule has 4 atom stereocenters. The molecular formula is C36H44N4O5S. The average Bonchev–Trinajstić information content (AvgIpc) is 3.54. The number of likely N-dealkylation sites (N-methyl/N-ethyl adjacent to an activating group) is 1. The van der Waals surface area contributed by atoms with Crippen LogP contribution in [-0.2, 0) is 19.9 Å². The van der Waals surface area contributed by atoms with Gasteiger partial charge in [-0.25, -0.2) is 9.78 Å². The lowest BCUT2D eigenvalue weighted by Gasteiger charge is -2.35. The van der Waals surface area contributed by atoms with Crippen molar-refractivity contribution in [3.8, 4) is 11.3 Å². The number of carbonyl (C=O) groups excluding carboxylic acids is 2. The second-order valence-electron chi connectivity index (χ2n) is 11.8. The molecule has 2 aromatic carbocycles. The van der Waals surface area contributed by atoms with Gasteiger partial charge >= 0.3 is 12.1 Å². The average molecular weight is 645 g/mol. The number of aliphatic hydroxyl groups is 1. The lowest BCUT2D eigenvalue weighted by Crippen LogP contribution is -2.37. The Labute approximate surface area is 275 Å². The van der Waals surface area contributed by atoms with Crippen LogP contribution in [-0.4, -0.2) is 58.8 Å². The first-order chi connectivity index (χ1) is 22.0. The molecule has 0 aliphatic carbocycles. The minimum Gasteiger partial charge on any atom is -0.446 e. The molecule has 0 spiro atoms. The van der Waals surface area contributed by atoms with E-state index in [0.29, 0.717) is 24.8 Å². The molecule has 4 unspecified atom stereocenters. The van der Waals surface area contributed by atoms with E-state index in [1.807, 2.05) is 50.4 Å². The Kier molecular flexibility index (Phi) is 12.0. The van der Waals surface area contributed by atoms with Crippen LogP contribution in [0.5, 0.6) is 0 Å². The number of aromatic nitrogens is 2. The fraction of sp³-hybridized carbons (Fsp3) is 0.389. The molecule has 244 valence electrons. The summed E-state index contributed by atoms with van der Waals surface area (Å²) in [4.78, 5) is 35.8. The van der Waals surface area contributed by atoms with Gasteiger partial charge in [0.25, 0.3) is 0 Å². The number of pyridine rings is 1. The summed E-state index contributed by atoms with van der Waals surface area (Å²) in [5, 5.41) is 18.1. The normalized spacial score (nSPS) is 14.5. The molecule has 10 heteroatoms. The Morgan fingerprint density at radius 2 is 1.78 bits per heavy atom. The number of thiazole rings is 1. The van der Waals surface area contributed by atoms with E-state index in [-0.39, 0.29) is 12.5 Å². The number of hydrogen-bond donors (Lipinski definition) is 2. The number of hydrogen-bond acceptors (Lipinski definition) is 9. The van der Waals surface area contributed by atoms with Crippen LogP contribution < -0.4 is 5.32 Å². The van der Waals surface area contributed by atoms with Crippen molar-refractivity contribution in [2.45, 2.75) is 70.8 Å². The molecule has 4 aromatic rings. The Morgan fingerprint density at radius 3 is 2.46 bits per heavy atom. The fourth-order valence-corrected chi connectivity index (χ4v) is 6.43. The fourth-order valence-electron chi connectivity index (χ4n) is 5.46. The summed E-state index contributed by atoms with van der Waals surface area (Å²) in [6, 6.07) is 19.6. The smallest absolute Gasteiger partial charge is 0.412 e. The van der Waals surface area contributed by atoms with Crippen molar-refractivity contribution in [1.29, 1.82) is 0 Å². The minimum atomic E-state index is -1.19. The highest BCUT2D eigenvalue weighted by Gasteiger charge is 2.39. The predicted molar refractivity (Wildman–Crippen MR) is 180 cm³/mol. The predicted octanol–water partition coefficient (Wildman–Crippen LogP) is 6.90. The van der Waals surface area contributed by atoms with Crippen LogP contribution in [0.25, 0.3) is 11.3 Å². The molecule has 2 heterocycles. The summed E-state index contributed by atoms with van der Waals surface area (Å²) in [6.07, 6.45) is 2.61. The number of nitrogens with one attached hydrogen (secondary N) is 1. The molecule has 2 aromatic heterocycles. The molecule has 0 aliphatic heterocycles. The number of amides is 1. The van der Waals surface area contributed by atoms with Crippen LogP contribution in [0.3, 0.4) is 0 Å². The van der Waals surface area contributed by atoms with Crippen molar-refractivity contribution in [3.63, 3.8) is 0 Å². The number of aryl methyl sites for hydroxylation is 2. The van der Waals surface area contributed by atoms with Crippen molar-refractivity contribution in [2.24, 2.45) is 0 Å². The van der Waals surface area contributed by atoms with Gasteiger partial charge in [0.2, 0.25) is 6.23 Å². The van der Waals surface area contributed by atoms with E-state index in [0.717, 1.165) is 27.4 Å². The minimum absolute atomic E-state index is 0.00741. The molecule has 0 saturated heterocycles. The number of benzene rings is 2. The number of nitrogens with zero attached hydrogens (tertiary/aromatic N) is 3. The Bertz CT molecular complexity index is 1580. The molecule has 0 fully saturated rings. The van der Waals surface area contributed by atoms with Crippen molar-refractivity contribution < 1.29 is 24.2 Å². The second-order valence-corrected chi connectivity index (χ2v) is 12.6. The van der Waals surface area contributed by atoms with Crippen molar-refractivity contribution in [1.82, 2.24) is 20.2 Å². The lowest BCUT2D eigenvalue weighted by molar-refractivity contribution is -0.156. The second kappa shape index (κ2) is 15.9. The maximum atomic E-state index is 13.2. The quantitative estimate of drug-likeness (QED) is 0.113. The first-order valence-corrected chi connectivity index (χ1v) is 16.4. The maximum absolute atomic E-state index is 13.2. The van der Waals surface area contributed by atoms with Gasteiger partial charge in [0.15, 0.2) is 0 Å². The maximum Gasteiger partial charge on any atom is 0.412 e. The third-order valence-electron chi connectivity index (χ3n) is 8.21. The molecule has 4 rings (SSSR count). The molecule has 1 amide bonds. The van der Waals surface area contributed by atoms with E-state index in [4.69, 9.17) is 14.5 Å². The SMILES string of the molecule is CNCC(=O)OC(c1cccnc1)N(C)C(=O)OC(C)CCCC(O)(c1ccccc1C)C(C)c1nc(-c2ccc(C)cc2)cs1. The van der Waals surface area contributed by atoms with Gasteiger partial charge in [-0.2, -0.15) is 0 Å². The third-order valence-corrected chi connectivity index (χ3v) is 9.24. The van der Waals surface area contributed by atoms with E-state index in [9.17, 15) is 14.7 Å². The molecule has 0 bridgehead atoms. The largest absolute Gasteiger partial charge is 0.446 e. The van der Waals surface area contributed by atoms with Gasteiger partial charge in [0.1, 0.15) is 6.10 Å². The molecule has 0 aliphatic rings. The Morgan fingerprint density at radius 1 is 1.04 bits per heavy atom. The van der Waals surface area contributed by atoms with Gasteiger partial charge < -0.3 is 19.9 Å².